The predicted molar refractivity (Wildman–Crippen MR) is 54.0 cm³/mol. The highest BCUT2D eigenvalue weighted by Crippen LogP contribution is 2.48. The molecule has 0 radical (unpaired) electrons. The van der Waals surface area contributed by atoms with Gasteiger partial charge < -0.3 is 5.73 Å². The molecule has 0 saturated heterocycles. The highest BCUT2D eigenvalue weighted by atomic mass is 14.8. The van der Waals surface area contributed by atoms with E-state index in [9.17, 15) is 0 Å². The SMILES string of the molecule is CC1(C)CC(C)(C)CC(C)(N)C1. The van der Waals surface area contributed by atoms with Crippen LogP contribution in [0.15, 0.2) is 0 Å². The summed E-state index contributed by atoms with van der Waals surface area (Å²) in [6.07, 6.45) is 3.61. The molecular weight excluding hydrogens is 146 g/mol. The Kier molecular flexibility index (Phi) is 2.07. The van der Waals surface area contributed by atoms with Crippen LogP contribution >= 0.6 is 0 Å². The van der Waals surface area contributed by atoms with Gasteiger partial charge in [-0.3, -0.25) is 0 Å². The van der Waals surface area contributed by atoms with E-state index in [4.69, 9.17) is 5.73 Å². The number of rotatable bonds is 0. The average Bonchev–Trinajstić information content (AvgIpc) is 1.44. The average molecular weight is 169 g/mol. The molecule has 1 saturated carbocycles. The normalized spacial score (nSPS) is 31.5. The molecule has 0 aliphatic heterocycles. The van der Waals surface area contributed by atoms with Gasteiger partial charge >= 0.3 is 0 Å². The highest BCUT2D eigenvalue weighted by Gasteiger charge is 2.42. The standard InChI is InChI=1S/C11H23N/c1-9(2)6-10(3,4)8-11(5,12)7-9/h6-8,12H2,1-5H3. The summed E-state index contributed by atoms with van der Waals surface area (Å²) in [5, 5.41) is 0. The molecule has 0 aromatic rings. The van der Waals surface area contributed by atoms with Crippen molar-refractivity contribution in [2.45, 2.75) is 59.4 Å². The van der Waals surface area contributed by atoms with Gasteiger partial charge in [0, 0.05) is 5.54 Å². The van der Waals surface area contributed by atoms with E-state index in [0.717, 1.165) is 12.8 Å². The third kappa shape index (κ3) is 2.48. The molecule has 1 aliphatic carbocycles. The van der Waals surface area contributed by atoms with Crippen LogP contribution in [0.25, 0.3) is 0 Å². The topological polar surface area (TPSA) is 26.0 Å². The lowest BCUT2D eigenvalue weighted by atomic mass is 9.59. The van der Waals surface area contributed by atoms with Gasteiger partial charge in [-0.15, -0.1) is 0 Å². The van der Waals surface area contributed by atoms with Crippen LogP contribution < -0.4 is 5.73 Å². The van der Waals surface area contributed by atoms with Crippen molar-refractivity contribution in [1.29, 1.82) is 0 Å². The molecule has 0 unspecified atom stereocenters. The maximum absolute atomic E-state index is 6.23. The smallest absolute Gasteiger partial charge is 0.0136 e. The number of hydrogen-bond acceptors (Lipinski definition) is 1. The molecule has 2 N–H and O–H groups in total. The van der Waals surface area contributed by atoms with Gasteiger partial charge in [-0.1, -0.05) is 27.7 Å². The minimum Gasteiger partial charge on any atom is -0.325 e. The fourth-order valence-corrected chi connectivity index (χ4v) is 3.67. The zero-order chi connectivity index (χ0) is 9.62. The molecule has 1 rings (SSSR count). The molecule has 1 heteroatoms. The second kappa shape index (κ2) is 2.47. The van der Waals surface area contributed by atoms with Crippen LogP contribution in [0.4, 0.5) is 0 Å². The van der Waals surface area contributed by atoms with Crippen molar-refractivity contribution in [3.8, 4) is 0 Å². The van der Waals surface area contributed by atoms with Crippen molar-refractivity contribution < 1.29 is 0 Å². The second-order valence-corrected chi connectivity index (χ2v) is 6.51. The van der Waals surface area contributed by atoms with Gasteiger partial charge in [0.05, 0.1) is 0 Å². The molecule has 1 nitrogen and oxygen atoms in total. The van der Waals surface area contributed by atoms with Crippen LogP contribution in [-0.2, 0) is 0 Å². The number of hydrogen-bond donors (Lipinski definition) is 1. The quantitative estimate of drug-likeness (QED) is 0.593. The number of nitrogens with two attached hydrogens (primary N) is 1. The van der Waals surface area contributed by atoms with Crippen molar-refractivity contribution in [3.63, 3.8) is 0 Å². The minimum absolute atomic E-state index is 0.0469. The summed E-state index contributed by atoms with van der Waals surface area (Å²) in [5.74, 6) is 0. The lowest BCUT2D eigenvalue weighted by Gasteiger charge is -2.49. The third-order valence-corrected chi connectivity index (χ3v) is 2.72. The Balaban J connectivity index is 2.81. The van der Waals surface area contributed by atoms with Gasteiger partial charge in [-0.2, -0.15) is 0 Å². The van der Waals surface area contributed by atoms with Crippen LogP contribution in [0, 0.1) is 10.8 Å². The molecular formula is C11H23N. The van der Waals surface area contributed by atoms with E-state index in [1.54, 1.807) is 0 Å². The van der Waals surface area contributed by atoms with Gasteiger partial charge in [0.25, 0.3) is 0 Å². The van der Waals surface area contributed by atoms with Crippen molar-refractivity contribution >= 4 is 0 Å². The van der Waals surface area contributed by atoms with E-state index >= 15 is 0 Å². The Morgan fingerprint density at radius 3 is 1.33 bits per heavy atom. The molecule has 1 aliphatic rings. The molecule has 0 bridgehead atoms. The molecule has 0 atom stereocenters. The first-order valence-corrected chi connectivity index (χ1v) is 4.91. The molecule has 72 valence electrons. The van der Waals surface area contributed by atoms with Crippen molar-refractivity contribution in [2.24, 2.45) is 16.6 Å². The Morgan fingerprint density at radius 2 is 1.08 bits per heavy atom. The summed E-state index contributed by atoms with van der Waals surface area (Å²) in [6, 6.07) is 0. The van der Waals surface area contributed by atoms with Crippen LogP contribution in [0.1, 0.15) is 53.9 Å². The Labute approximate surface area is 76.7 Å². The fourth-order valence-electron chi connectivity index (χ4n) is 3.67. The summed E-state index contributed by atoms with van der Waals surface area (Å²) in [7, 11) is 0. The summed E-state index contributed by atoms with van der Waals surface area (Å²) < 4.78 is 0. The maximum atomic E-state index is 6.23. The molecule has 12 heavy (non-hydrogen) atoms. The zero-order valence-corrected chi connectivity index (χ0v) is 9.20. The summed E-state index contributed by atoms with van der Waals surface area (Å²) in [5.41, 5.74) is 7.12. The zero-order valence-electron chi connectivity index (χ0n) is 9.20. The molecule has 0 spiro atoms. The Hall–Kier alpha value is -0.0400. The van der Waals surface area contributed by atoms with Crippen LogP contribution in [0.3, 0.4) is 0 Å². The van der Waals surface area contributed by atoms with E-state index < -0.39 is 0 Å². The predicted octanol–water partition coefficient (Wildman–Crippen LogP) is 2.94. The molecule has 0 aromatic carbocycles. The van der Waals surface area contributed by atoms with Crippen molar-refractivity contribution in [2.75, 3.05) is 0 Å². The highest BCUT2D eigenvalue weighted by molar-refractivity contribution is 4.97. The third-order valence-electron chi connectivity index (χ3n) is 2.72. The molecule has 1 fully saturated rings. The fraction of sp³-hybridized carbons (Fsp3) is 1.00. The van der Waals surface area contributed by atoms with E-state index in [1.165, 1.54) is 6.42 Å². The van der Waals surface area contributed by atoms with Crippen LogP contribution in [0.5, 0.6) is 0 Å². The van der Waals surface area contributed by atoms with Gasteiger partial charge in [-0.25, -0.2) is 0 Å². The minimum atomic E-state index is 0.0469. The van der Waals surface area contributed by atoms with E-state index in [0.29, 0.717) is 10.8 Å². The van der Waals surface area contributed by atoms with Crippen molar-refractivity contribution in [3.05, 3.63) is 0 Å². The van der Waals surface area contributed by atoms with E-state index in [1.807, 2.05) is 0 Å². The second-order valence-electron chi connectivity index (χ2n) is 6.51. The summed E-state index contributed by atoms with van der Waals surface area (Å²) in [4.78, 5) is 0. The first-order chi connectivity index (χ1) is 5.12. The molecule has 0 heterocycles. The first-order valence-electron chi connectivity index (χ1n) is 4.91. The Bertz CT molecular complexity index is 132. The lowest BCUT2D eigenvalue weighted by molar-refractivity contribution is 0.0574. The largest absolute Gasteiger partial charge is 0.325 e. The van der Waals surface area contributed by atoms with Gasteiger partial charge in [0.1, 0.15) is 0 Å². The van der Waals surface area contributed by atoms with E-state index in [-0.39, 0.29) is 5.54 Å². The lowest BCUT2D eigenvalue weighted by Crippen LogP contribution is -2.49. The van der Waals surface area contributed by atoms with Crippen molar-refractivity contribution in [1.82, 2.24) is 0 Å². The first kappa shape index (κ1) is 10.0. The maximum Gasteiger partial charge on any atom is 0.0136 e. The van der Waals surface area contributed by atoms with Gasteiger partial charge in [0.2, 0.25) is 0 Å². The van der Waals surface area contributed by atoms with Gasteiger partial charge in [-0.05, 0) is 37.0 Å². The van der Waals surface area contributed by atoms with Gasteiger partial charge in [0.15, 0.2) is 0 Å². The van der Waals surface area contributed by atoms with Crippen LogP contribution in [0.2, 0.25) is 0 Å². The van der Waals surface area contributed by atoms with Crippen LogP contribution in [-0.4, -0.2) is 5.54 Å². The molecule has 0 amide bonds. The molecule has 0 aromatic heterocycles. The monoisotopic (exact) mass is 169 g/mol. The van der Waals surface area contributed by atoms with E-state index in [2.05, 4.69) is 34.6 Å². The summed E-state index contributed by atoms with van der Waals surface area (Å²) in [6.45, 7) is 11.5. The summed E-state index contributed by atoms with van der Waals surface area (Å²) >= 11 is 0. The Morgan fingerprint density at radius 1 is 0.750 bits per heavy atom.